The number of ether oxygens (including phenoxy) is 1. The third-order valence-electron chi connectivity index (χ3n) is 6.26. The topological polar surface area (TPSA) is 90.8 Å². The van der Waals surface area contributed by atoms with Crippen LogP contribution in [0.2, 0.25) is 0 Å². The Morgan fingerprint density at radius 1 is 0.861 bits per heavy atom. The van der Waals surface area contributed by atoms with Gasteiger partial charge < -0.3 is 9.84 Å². The minimum absolute atomic E-state index is 0.236. The molecule has 2 heterocycles. The Labute approximate surface area is 206 Å². The number of methoxy groups -OCH3 is 1. The van der Waals surface area contributed by atoms with Crippen molar-refractivity contribution in [3.05, 3.63) is 111 Å². The fraction of sp³-hybridized carbons (Fsp3) is 0.107. The van der Waals surface area contributed by atoms with E-state index in [1.165, 1.54) is 22.6 Å². The second kappa shape index (κ2) is 9.07. The largest absolute Gasteiger partial charge is 0.497 e. The highest BCUT2D eigenvalue weighted by Crippen LogP contribution is 2.29. The first-order valence-electron chi connectivity index (χ1n) is 11.3. The highest BCUT2D eigenvalue weighted by Gasteiger charge is 2.19. The molecule has 0 aliphatic heterocycles. The molecule has 0 bridgehead atoms. The van der Waals surface area contributed by atoms with Crippen LogP contribution in [0, 0.1) is 6.92 Å². The van der Waals surface area contributed by atoms with Crippen LogP contribution in [0.3, 0.4) is 0 Å². The van der Waals surface area contributed by atoms with Crippen LogP contribution in [-0.4, -0.2) is 32.4 Å². The van der Waals surface area contributed by atoms with E-state index in [-0.39, 0.29) is 17.1 Å². The molecule has 0 fully saturated rings. The van der Waals surface area contributed by atoms with Crippen molar-refractivity contribution in [2.24, 2.45) is 12.0 Å². The number of aliphatic imine (C=N–C) groups is 1. The molecule has 5 aromatic rings. The zero-order chi connectivity index (χ0) is 25.4. The maximum atomic E-state index is 13.4. The van der Waals surface area contributed by atoms with Crippen molar-refractivity contribution in [2.75, 3.05) is 7.11 Å². The molecular formula is C28H24N4O4. The molecule has 3 aromatic carbocycles. The zero-order valence-electron chi connectivity index (χ0n) is 20.0. The van der Waals surface area contributed by atoms with E-state index in [1.54, 1.807) is 61.1 Å². The van der Waals surface area contributed by atoms with E-state index in [0.717, 1.165) is 0 Å². The summed E-state index contributed by atoms with van der Waals surface area (Å²) in [5.41, 5.74) is 1.73. The predicted octanol–water partition coefficient (Wildman–Crippen LogP) is 4.25. The monoisotopic (exact) mass is 480 g/mol. The van der Waals surface area contributed by atoms with Crippen LogP contribution < -0.4 is 15.9 Å². The molecule has 0 spiro atoms. The lowest BCUT2D eigenvalue weighted by Crippen LogP contribution is -2.20. The van der Waals surface area contributed by atoms with Gasteiger partial charge in [-0.05, 0) is 49.4 Å². The molecule has 8 nitrogen and oxygen atoms in total. The molecule has 0 saturated heterocycles. The number of para-hydroxylation sites is 2. The van der Waals surface area contributed by atoms with Gasteiger partial charge in [-0.3, -0.25) is 14.3 Å². The molecule has 0 aliphatic carbocycles. The molecule has 8 heteroatoms. The summed E-state index contributed by atoms with van der Waals surface area (Å²) in [6, 6.07) is 23.2. The maximum Gasteiger partial charge on any atom is 0.297 e. The number of aromatic hydroxyl groups is 1. The van der Waals surface area contributed by atoms with Crippen LogP contribution in [0.25, 0.3) is 22.1 Å². The van der Waals surface area contributed by atoms with E-state index in [1.807, 2.05) is 36.4 Å². The summed E-state index contributed by atoms with van der Waals surface area (Å²) in [5, 5.41) is 12.1. The average molecular weight is 481 g/mol. The molecule has 180 valence electrons. The molecule has 5 rings (SSSR count). The van der Waals surface area contributed by atoms with E-state index in [2.05, 4.69) is 4.99 Å². The van der Waals surface area contributed by atoms with Gasteiger partial charge in [-0.1, -0.05) is 36.4 Å². The van der Waals surface area contributed by atoms with Gasteiger partial charge in [0, 0.05) is 18.6 Å². The Morgan fingerprint density at radius 2 is 1.50 bits per heavy atom. The first-order chi connectivity index (χ1) is 17.4. The van der Waals surface area contributed by atoms with Crippen LogP contribution in [0.5, 0.6) is 11.6 Å². The Kier molecular flexibility index (Phi) is 5.77. The van der Waals surface area contributed by atoms with Gasteiger partial charge in [0.15, 0.2) is 5.69 Å². The third-order valence-corrected chi connectivity index (χ3v) is 6.26. The van der Waals surface area contributed by atoms with Gasteiger partial charge in [0.25, 0.3) is 11.1 Å². The Bertz CT molecular complexity index is 1730. The van der Waals surface area contributed by atoms with Crippen LogP contribution >= 0.6 is 0 Å². The number of fused-ring (bicyclic) bond motifs is 1. The second-order valence-corrected chi connectivity index (χ2v) is 8.29. The standard InChI is InChI=1S/C28H24N4O4/c1-18-25(28(35)32(30(18)2)20-12-8-5-9-13-20)29-17-24-22-15-14-21(36-3)16-23(22)26(33)31(27(24)34)19-10-6-4-7-11-19/h4-17,34H,1-3H3. The van der Waals surface area contributed by atoms with Crippen LogP contribution in [-0.2, 0) is 7.05 Å². The van der Waals surface area contributed by atoms with Crippen molar-refractivity contribution in [2.45, 2.75) is 6.92 Å². The molecule has 0 saturated carbocycles. The van der Waals surface area contributed by atoms with E-state index in [9.17, 15) is 14.7 Å². The molecule has 36 heavy (non-hydrogen) atoms. The molecule has 0 radical (unpaired) electrons. The van der Waals surface area contributed by atoms with Gasteiger partial charge in [0.05, 0.1) is 35.1 Å². The van der Waals surface area contributed by atoms with E-state index >= 15 is 0 Å². The molecule has 2 aromatic heterocycles. The number of rotatable bonds is 5. The molecule has 1 N–H and O–H groups in total. The Hall–Kier alpha value is -4.85. The summed E-state index contributed by atoms with van der Waals surface area (Å²) in [4.78, 5) is 31.2. The lowest BCUT2D eigenvalue weighted by molar-refractivity contribution is 0.415. The van der Waals surface area contributed by atoms with Crippen molar-refractivity contribution in [3.63, 3.8) is 0 Å². The average Bonchev–Trinajstić information content (AvgIpc) is 3.12. The summed E-state index contributed by atoms with van der Waals surface area (Å²) in [5.74, 6) is 0.238. The SMILES string of the molecule is COc1ccc2c(C=Nc3c(C)n(C)n(-c4ccccc4)c3=O)c(O)n(-c3ccccc3)c(=O)c2c1. The summed E-state index contributed by atoms with van der Waals surface area (Å²) in [6.07, 6.45) is 1.43. The van der Waals surface area contributed by atoms with Gasteiger partial charge >= 0.3 is 0 Å². The number of benzene rings is 3. The van der Waals surface area contributed by atoms with E-state index in [4.69, 9.17) is 4.74 Å². The van der Waals surface area contributed by atoms with Gasteiger partial charge in [-0.2, -0.15) is 0 Å². The number of hydrogen-bond acceptors (Lipinski definition) is 5. The minimum Gasteiger partial charge on any atom is -0.497 e. The number of pyridine rings is 1. The maximum absolute atomic E-state index is 13.4. The second-order valence-electron chi connectivity index (χ2n) is 8.29. The molecule has 0 unspecified atom stereocenters. The quantitative estimate of drug-likeness (QED) is 0.381. The summed E-state index contributed by atoms with van der Waals surface area (Å²) in [6.45, 7) is 1.81. The lowest BCUT2D eigenvalue weighted by Gasteiger charge is -2.14. The lowest BCUT2D eigenvalue weighted by atomic mass is 10.1. The van der Waals surface area contributed by atoms with Gasteiger partial charge in [0.2, 0.25) is 5.88 Å². The molecule has 0 aliphatic rings. The summed E-state index contributed by atoms with van der Waals surface area (Å²) >= 11 is 0. The van der Waals surface area contributed by atoms with Crippen molar-refractivity contribution >= 4 is 22.7 Å². The minimum atomic E-state index is -0.396. The smallest absolute Gasteiger partial charge is 0.297 e. The van der Waals surface area contributed by atoms with Crippen molar-refractivity contribution in [1.82, 2.24) is 13.9 Å². The first-order valence-corrected chi connectivity index (χ1v) is 11.3. The molecule has 0 amide bonds. The highest BCUT2D eigenvalue weighted by molar-refractivity contribution is 6.02. The first kappa shape index (κ1) is 22.9. The van der Waals surface area contributed by atoms with Crippen molar-refractivity contribution in [3.8, 4) is 23.0 Å². The van der Waals surface area contributed by atoms with Gasteiger partial charge in [-0.25, -0.2) is 14.2 Å². The Balaban J connectivity index is 1.75. The number of hydrogen-bond donors (Lipinski definition) is 1. The van der Waals surface area contributed by atoms with Crippen molar-refractivity contribution in [1.29, 1.82) is 0 Å². The fourth-order valence-electron chi connectivity index (χ4n) is 4.30. The number of aromatic nitrogens is 3. The van der Waals surface area contributed by atoms with Crippen LogP contribution in [0.1, 0.15) is 11.3 Å². The van der Waals surface area contributed by atoms with Gasteiger partial charge in [-0.15, -0.1) is 0 Å². The Morgan fingerprint density at radius 3 is 2.14 bits per heavy atom. The third kappa shape index (κ3) is 3.69. The normalized spacial score (nSPS) is 11.4. The van der Waals surface area contributed by atoms with Gasteiger partial charge in [0.1, 0.15) is 5.75 Å². The van der Waals surface area contributed by atoms with E-state index < -0.39 is 5.56 Å². The highest BCUT2D eigenvalue weighted by atomic mass is 16.5. The van der Waals surface area contributed by atoms with E-state index in [0.29, 0.717) is 39.2 Å². The summed E-state index contributed by atoms with van der Waals surface area (Å²) in [7, 11) is 3.31. The predicted molar refractivity (Wildman–Crippen MR) is 141 cm³/mol. The van der Waals surface area contributed by atoms with Crippen LogP contribution in [0.4, 0.5) is 5.69 Å². The summed E-state index contributed by atoms with van der Waals surface area (Å²) < 4.78 is 9.82. The van der Waals surface area contributed by atoms with Crippen molar-refractivity contribution < 1.29 is 9.84 Å². The molecule has 0 atom stereocenters. The van der Waals surface area contributed by atoms with Crippen LogP contribution in [0.15, 0.2) is 93.4 Å². The zero-order valence-corrected chi connectivity index (χ0v) is 20.0. The molecular weight excluding hydrogens is 456 g/mol. The fourth-order valence-corrected chi connectivity index (χ4v) is 4.30. The number of nitrogens with zero attached hydrogens (tertiary/aromatic N) is 4.